The predicted octanol–water partition coefficient (Wildman–Crippen LogP) is 5.55. The number of hydrogen-bond acceptors (Lipinski definition) is 3. The Morgan fingerprint density at radius 2 is 1.40 bits per heavy atom. The second kappa shape index (κ2) is 8.83. The molecule has 0 N–H and O–H groups in total. The molecule has 1 atom stereocenters. The number of halogens is 1. The molecule has 3 aromatic rings. The van der Waals surface area contributed by atoms with Gasteiger partial charge in [0.05, 0.1) is 11.4 Å². The number of anilines is 2. The Morgan fingerprint density at radius 3 is 2.20 bits per heavy atom. The number of fused-ring (bicyclic) bond motifs is 3. The van der Waals surface area contributed by atoms with Crippen LogP contribution in [0, 0.1) is 0 Å². The number of benzene rings is 3. The van der Waals surface area contributed by atoms with Gasteiger partial charge in [0, 0.05) is 49.8 Å². The molecule has 1 fully saturated rings. The SMILES string of the molecule is Brc1ccc(CN2CCC3CN(Cc4ccccc4)CCN3c3ccccc32)cc1. The molecule has 1 saturated heterocycles. The fraction of sp³-hybridized carbons (Fsp3) is 0.308. The first-order valence-corrected chi connectivity index (χ1v) is 11.7. The molecule has 0 bridgehead atoms. The highest BCUT2D eigenvalue weighted by atomic mass is 79.9. The van der Waals surface area contributed by atoms with E-state index in [9.17, 15) is 0 Å². The molecular formula is C26H28BrN3. The lowest BCUT2D eigenvalue weighted by Crippen LogP contribution is -2.52. The van der Waals surface area contributed by atoms with Crippen molar-refractivity contribution in [2.75, 3.05) is 36.0 Å². The normalized spacial score (nSPS) is 19.2. The first kappa shape index (κ1) is 19.7. The van der Waals surface area contributed by atoms with Crippen LogP contribution in [0.2, 0.25) is 0 Å². The zero-order valence-corrected chi connectivity index (χ0v) is 18.8. The summed E-state index contributed by atoms with van der Waals surface area (Å²) in [7, 11) is 0. The molecule has 0 amide bonds. The smallest absolute Gasteiger partial charge is 0.0607 e. The summed E-state index contributed by atoms with van der Waals surface area (Å²) in [4.78, 5) is 7.86. The molecule has 154 valence electrons. The van der Waals surface area contributed by atoms with E-state index in [1.165, 1.54) is 28.9 Å². The average molecular weight is 462 g/mol. The maximum Gasteiger partial charge on any atom is 0.0607 e. The summed E-state index contributed by atoms with van der Waals surface area (Å²) in [5.74, 6) is 0. The standard InChI is InChI=1S/C26H28BrN3/c27-23-12-10-22(11-13-23)19-29-15-14-24-20-28(18-21-6-2-1-3-7-21)16-17-30(24)26-9-5-4-8-25(26)29/h1-13,24H,14-20H2. The Morgan fingerprint density at radius 1 is 0.700 bits per heavy atom. The molecule has 1 unspecified atom stereocenters. The van der Waals surface area contributed by atoms with E-state index in [1.807, 2.05) is 0 Å². The molecule has 0 aromatic heterocycles. The van der Waals surface area contributed by atoms with Gasteiger partial charge in [-0.05, 0) is 41.8 Å². The van der Waals surface area contributed by atoms with Crippen molar-refractivity contribution in [3.05, 3.63) is 94.5 Å². The molecule has 0 spiro atoms. The molecule has 3 nitrogen and oxygen atoms in total. The Labute approximate surface area is 188 Å². The van der Waals surface area contributed by atoms with Crippen molar-refractivity contribution in [3.63, 3.8) is 0 Å². The minimum Gasteiger partial charge on any atom is -0.365 e. The van der Waals surface area contributed by atoms with E-state index in [4.69, 9.17) is 0 Å². The van der Waals surface area contributed by atoms with Gasteiger partial charge in [0.2, 0.25) is 0 Å². The third-order valence-corrected chi connectivity index (χ3v) is 6.90. The van der Waals surface area contributed by atoms with Crippen LogP contribution in [0.1, 0.15) is 17.5 Å². The van der Waals surface area contributed by atoms with E-state index in [-0.39, 0.29) is 0 Å². The van der Waals surface area contributed by atoms with Gasteiger partial charge >= 0.3 is 0 Å². The van der Waals surface area contributed by atoms with E-state index in [0.29, 0.717) is 6.04 Å². The van der Waals surface area contributed by atoms with Crippen molar-refractivity contribution < 1.29 is 0 Å². The van der Waals surface area contributed by atoms with Gasteiger partial charge in [-0.1, -0.05) is 70.5 Å². The van der Waals surface area contributed by atoms with Crippen LogP contribution < -0.4 is 9.80 Å². The topological polar surface area (TPSA) is 9.72 Å². The third-order valence-electron chi connectivity index (χ3n) is 6.37. The molecular weight excluding hydrogens is 434 g/mol. The molecule has 2 aliphatic rings. The zero-order chi connectivity index (χ0) is 20.3. The molecule has 4 heteroatoms. The minimum absolute atomic E-state index is 0.568. The summed E-state index contributed by atoms with van der Waals surface area (Å²) >= 11 is 3.55. The molecule has 2 aliphatic heterocycles. The summed E-state index contributed by atoms with van der Waals surface area (Å²) < 4.78 is 1.14. The highest BCUT2D eigenvalue weighted by Crippen LogP contribution is 2.36. The van der Waals surface area contributed by atoms with E-state index in [1.54, 1.807) is 0 Å². The number of nitrogens with zero attached hydrogens (tertiary/aromatic N) is 3. The van der Waals surface area contributed by atoms with Crippen molar-refractivity contribution in [3.8, 4) is 0 Å². The van der Waals surface area contributed by atoms with Gasteiger partial charge in [-0.3, -0.25) is 4.90 Å². The number of para-hydroxylation sites is 2. The first-order valence-electron chi connectivity index (χ1n) is 10.9. The van der Waals surface area contributed by atoms with Gasteiger partial charge in [-0.15, -0.1) is 0 Å². The van der Waals surface area contributed by atoms with Gasteiger partial charge < -0.3 is 9.80 Å². The van der Waals surface area contributed by atoms with E-state index < -0.39 is 0 Å². The van der Waals surface area contributed by atoms with Crippen LogP contribution in [0.25, 0.3) is 0 Å². The lowest BCUT2D eigenvalue weighted by Gasteiger charge is -2.42. The molecule has 30 heavy (non-hydrogen) atoms. The molecule has 5 rings (SSSR count). The van der Waals surface area contributed by atoms with Crippen molar-refractivity contribution in [1.82, 2.24) is 4.90 Å². The maximum absolute atomic E-state index is 3.55. The highest BCUT2D eigenvalue weighted by molar-refractivity contribution is 9.10. The van der Waals surface area contributed by atoms with Crippen LogP contribution in [0.5, 0.6) is 0 Å². The first-order chi connectivity index (χ1) is 14.8. The van der Waals surface area contributed by atoms with Gasteiger partial charge in [0.15, 0.2) is 0 Å². The lowest BCUT2D eigenvalue weighted by atomic mass is 10.1. The summed E-state index contributed by atoms with van der Waals surface area (Å²) in [6.45, 7) is 6.45. The van der Waals surface area contributed by atoms with Crippen molar-refractivity contribution in [2.45, 2.75) is 25.6 Å². The lowest BCUT2D eigenvalue weighted by molar-refractivity contribution is 0.212. The maximum atomic E-state index is 3.55. The Bertz CT molecular complexity index is 973. The second-order valence-corrected chi connectivity index (χ2v) is 9.31. The summed E-state index contributed by atoms with van der Waals surface area (Å²) in [6.07, 6.45) is 1.19. The van der Waals surface area contributed by atoms with Crippen LogP contribution in [-0.2, 0) is 13.1 Å². The van der Waals surface area contributed by atoms with E-state index >= 15 is 0 Å². The molecule has 3 aromatic carbocycles. The van der Waals surface area contributed by atoms with E-state index in [0.717, 1.165) is 43.7 Å². The Hall–Kier alpha value is -2.30. The van der Waals surface area contributed by atoms with Crippen molar-refractivity contribution >= 4 is 27.3 Å². The number of piperazine rings is 1. The minimum atomic E-state index is 0.568. The van der Waals surface area contributed by atoms with Gasteiger partial charge in [0.25, 0.3) is 0 Å². The van der Waals surface area contributed by atoms with Crippen LogP contribution in [0.3, 0.4) is 0 Å². The molecule has 0 aliphatic carbocycles. The quantitative estimate of drug-likeness (QED) is 0.504. The van der Waals surface area contributed by atoms with Crippen molar-refractivity contribution in [1.29, 1.82) is 0 Å². The summed E-state index contributed by atoms with van der Waals surface area (Å²) in [5, 5.41) is 0. The summed E-state index contributed by atoms with van der Waals surface area (Å²) in [6, 6.07) is 29.2. The Kier molecular flexibility index (Phi) is 5.78. The average Bonchev–Trinajstić information content (AvgIpc) is 2.93. The fourth-order valence-corrected chi connectivity index (χ4v) is 5.11. The van der Waals surface area contributed by atoms with Crippen LogP contribution in [0.4, 0.5) is 11.4 Å². The highest BCUT2D eigenvalue weighted by Gasteiger charge is 2.32. The third kappa shape index (κ3) is 4.26. The largest absolute Gasteiger partial charge is 0.365 e. The van der Waals surface area contributed by atoms with Gasteiger partial charge in [0.1, 0.15) is 0 Å². The molecule has 0 saturated carbocycles. The second-order valence-electron chi connectivity index (χ2n) is 8.39. The zero-order valence-electron chi connectivity index (χ0n) is 17.3. The molecule has 0 radical (unpaired) electrons. The monoisotopic (exact) mass is 461 g/mol. The van der Waals surface area contributed by atoms with Crippen LogP contribution in [-0.4, -0.2) is 37.1 Å². The van der Waals surface area contributed by atoms with Gasteiger partial charge in [-0.2, -0.15) is 0 Å². The number of rotatable bonds is 4. The van der Waals surface area contributed by atoms with Crippen LogP contribution >= 0.6 is 15.9 Å². The Balaban J connectivity index is 1.36. The van der Waals surface area contributed by atoms with Crippen LogP contribution in [0.15, 0.2) is 83.3 Å². The summed E-state index contributed by atoms with van der Waals surface area (Å²) in [5.41, 5.74) is 5.55. The fourth-order valence-electron chi connectivity index (χ4n) is 4.84. The van der Waals surface area contributed by atoms with Gasteiger partial charge in [-0.25, -0.2) is 0 Å². The predicted molar refractivity (Wildman–Crippen MR) is 129 cm³/mol. The van der Waals surface area contributed by atoms with E-state index in [2.05, 4.69) is 109 Å². The molecule has 2 heterocycles. The van der Waals surface area contributed by atoms with Crippen molar-refractivity contribution in [2.24, 2.45) is 0 Å². The number of hydrogen-bond donors (Lipinski definition) is 0.